The van der Waals surface area contributed by atoms with Crippen LogP contribution in [-0.2, 0) is 9.53 Å². The molecule has 0 spiro atoms. The minimum Gasteiger partial charge on any atom is -0.462 e. The minimum absolute atomic E-state index is 0.251. The normalized spacial score (nSPS) is 15.9. The Morgan fingerprint density at radius 1 is 1.39 bits per heavy atom. The first-order valence-corrected chi connectivity index (χ1v) is 5.93. The largest absolute Gasteiger partial charge is 0.462 e. The lowest BCUT2D eigenvalue weighted by Crippen LogP contribution is -2.38. The number of carbonyl (C=O) groups excluding carboxylic acids is 2. The maximum absolute atomic E-state index is 11.8. The molecular weight excluding hydrogens is 232 g/mol. The van der Waals surface area contributed by atoms with Crippen molar-refractivity contribution in [2.45, 2.75) is 25.3 Å². The van der Waals surface area contributed by atoms with Gasteiger partial charge in [0.2, 0.25) is 5.91 Å². The molecule has 0 bridgehead atoms. The Hall–Kier alpha value is -1.88. The van der Waals surface area contributed by atoms with Crippen molar-refractivity contribution in [3.05, 3.63) is 29.8 Å². The molecule has 0 unspecified atom stereocenters. The van der Waals surface area contributed by atoms with Crippen LogP contribution in [0.25, 0.3) is 0 Å². The van der Waals surface area contributed by atoms with Gasteiger partial charge in [0, 0.05) is 0 Å². The Labute approximate surface area is 105 Å². The zero-order valence-corrected chi connectivity index (χ0v) is 10.2. The standard InChI is InChI=1S/C13H16N2O3/c1-2-18-11(16)9-5-3-4-6-10(9)15-12(17)13(14)7-8-13/h3-6H,2,7-8,14H2,1H3,(H,15,17). The summed E-state index contributed by atoms with van der Waals surface area (Å²) in [5.41, 5.74) is 5.82. The molecule has 1 aliphatic carbocycles. The lowest BCUT2D eigenvalue weighted by molar-refractivity contribution is -0.118. The monoisotopic (exact) mass is 248 g/mol. The van der Waals surface area contributed by atoms with Crippen LogP contribution in [0, 0.1) is 0 Å². The van der Waals surface area contributed by atoms with Crippen molar-refractivity contribution >= 4 is 17.6 Å². The summed E-state index contributed by atoms with van der Waals surface area (Å²) in [6, 6.07) is 6.74. The van der Waals surface area contributed by atoms with Gasteiger partial charge in [-0.1, -0.05) is 12.1 Å². The van der Waals surface area contributed by atoms with Gasteiger partial charge in [-0.15, -0.1) is 0 Å². The molecule has 1 aromatic rings. The number of carbonyl (C=O) groups is 2. The number of nitrogens with two attached hydrogens (primary N) is 1. The Bertz CT molecular complexity index is 481. The quantitative estimate of drug-likeness (QED) is 0.787. The van der Waals surface area contributed by atoms with Crippen molar-refractivity contribution in [1.29, 1.82) is 0 Å². The van der Waals surface area contributed by atoms with Gasteiger partial charge in [0.15, 0.2) is 0 Å². The van der Waals surface area contributed by atoms with Crippen LogP contribution in [0.5, 0.6) is 0 Å². The van der Waals surface area contributed by atoms with Gasteiger partial charge in [-0.25, -0.2) is 4.79 Å². The summed E-state index contributed by atoms with van der Waals surface area (Å²) in [6.07, 6.45) is 1.36. The number of esters is 1. The van der Waals surface area contributed by atoms with Gasteiger partial charge >= 0.3 is 5.97 Å². The third-order valence-electron chi connectivity index (χ3n) is 2.91. The first-order chi connectivity index (χ1) is 8.57. The first-order valence-electron chi connectivity index (χ1n) is 5.93. The molecular formula is C13H16N2O3. The van der Waals surface area contributed by atoms with Crippen molar-refractivity contribution in [3.8, 4) is 0 Å². The zero-order valence-electron chi connectivity index (χ0n) is 10.2. The van der Waals surface area contributed by atoms with Crippen molar-refractivity contribution in [2.75, 3.05) is 11.9 Å². The fraction of sp³-hybridized carbons (Fsp3) is 0.385. The van der Waals surface area contributed by atoms with E-state index >= 15 is 0 Å². The van der Waals surface area contributed by atoms with Crippen LogP contribution >= 0.6 is 0 Å². The fourth-order valence-corrected chi connectivity index (χ4v) is 1.59. The predicted molar refractivity (Wildman–Crippen MR) is 67.2 cm³/mol. The summed E-state index contributed by atoms with van der Waals surface area (Å²) in [4.78, 5) is 23.5. The SMILES string of the molecule is CCOC(=O)c1ccccc1NC(=O)C1(N)CC1. The topological polar surface area (TPSA) is 81.4 Å². The van der Waals surface area contributed by atoms with Gasteiger partial charge < -0.3 is 15.8 Å². The van der Waals surface area contributed by atoms with Crippen LogP contribution in [0.1, 0.15) is 30.1 Å². The summed E-state index contributed by atoms with van der Waals surface area (Å²) >= 11 is 0. The number of anilines is 1. The number of para-hydroxylation sites is 1. The number of ether oxygens (including phenoxy) is 1. The molecule has 1 aromatic carbocycles. The van der Waals surface area contributed by atoms with Crippen LogP contribution in [0.3, 0.4) is 0 Å². The molecule has 0 aliphatic heterocycles. The van der Waals surface area contributed by atoms with Gasteiger partial charge in [0.05, 0.1) is 23.4 Å². The molecule has 0 radical (unpaired) electrons. The highest BCUT2D eigenvalue weighted by atomic mass is 16.5. The molecule has 0 saturated heterocycles. The van der Waals surface area contributed by atoms with E-state index in [1.807, 2.05) is 0 Å². The summed E-state index contributed by atoms with van der Waals surface area (Å²) in [5, 5.41) is 2.69. The Morgan fingerprint density at radius 3 is 2.67 bits per heavy atom. The van der Waals surface area contributed by atoms with E-state index in [-0.39, 0.29) is 5.91 Å². The highest BCUT2D eigenvalue weighted by Gasteiger charge is 2.46. The summed E-state index contributed by atoms with van der Waals surface area (Å²) in [5.74, 6) is -0.700. The second kappa shape index (κ2) is 4.78. The summed E-state index contributed by atoms with van der Waals surface area (Å²) < 4.78 is 4.93. The second-order valence-corrected chi connectivity index (χ2v) is 4.38. The number of amides is 1. The molecule has 1 fully saturated rings. The average Bonchev–Trinajstić information content (AvgIpc) is 3.10. The van der Waals surface area contributed by atoms with E-state index in [4.69, 9.17) is 10.5 Å². The zero-order chi connectivity index (χ0) is 13.2. The molecule has 1 aliphatic rings. The number of hydrogen-bond acceptors (Lipinski definition) is 4. The highest BCUT2D eigenvalue weighted by Crippen LogP contribution is 2.33. The van der Waals surface area contributed by atoms with Crippen LogP contribution in [0.15, 0.2) is 24.3 Å². The van der Waals surface area contributed by atoms with Gasteiger partial charge in [-0.05, 0) is 31.9 Å². The maximum Gasteiger partial charge on any atom is 0.340 e. The predicted octanol–water partition coefficient (Wildman–Crippen LogP) is 1.29. The molecule has 5 nitrogen and oxygen atoms in total. The average molecular weight is 248 g/mol. The van der Waals surface area contributed by atoms with Gasteiger partial charge in [0.1, 0.15) is 0 Å². The molecule has 1 amide bonds. The van der Waals surface area contributed by atoms with Crippen LogP contribution in [0.2, 0.25) is 0 Å². The van der Waals surface area contributed by atoms with E-state index in [1.54, 1.807) is 31.2 Å². The molecule has 2 rings (SSSR count). The van der Waals surface area contributed by atoms with Crippen molar-refractivity contribution < 1.29 is 14.3 Å². The smallest absolute Gasteiger partial charge is 0.340 e. The number of nitrogens with one attached hydrogen (secondary N) is 1. The first kappa shape index (κ1) is 12.6. The molecule has 18 heavy (non-hydrogen) atoms. The van der Waals surface area contributed by atoms with E-state index in [0.29, 0.717) is 30.7 Å². The van der Waals surface area contributed by atoms with E-state index in [9.17, 15) is 9.59 Å². The number of hydrogen-bond donors (Lipinski definition) is 2. The molecule has 1 saturated carbocycles. The Morgan fingerprint density at radius 2 is 2.06 bits per heavy atom. The van der Waals surface area contributed by atoms with Crippen LogP contribution < -0.4 is 11.1 Å². The van der Waals surface area contributed by atoms with Gasteiger partial charge in [-0.2, -0.15) is 0 Å². The summed E-state index contributed by atoms with van der Waals surface area (Å²) in [6.45, 7) is 2.03. The Kier molecular flexibility index (Phi) is 3.34. The molecule has 0 heterocycles. The maximum atomic E-state index is 11.8. The van der Waals surface area contributed by atoms with Gasteiger partial charge in [-0.3, -0.25) is 4.79 Å². The third kappa shape index (κ3) is 2.51. The Balaban J connectivity index is 2.17. The second-order valence-electron chi connectivity index (χ2n) is 4.38. The third-order valence-corrected chi connectivity index (χ3v) is 2.91. The fourth-order valence-electron chi connectivity index (χ4n) is 1.59. The van der Waals surface area contributed by atoms with Crippen molar-refractivity contribution in [3.63, 3.8) is 0 Å². The molecule has 96 valence electrons. The lowest BCUT2D eigenvalue weighted by Gasteiger charge is -2.13. The number of benzene rings is 1. The molecule has 0 aromatic heterocycles. The minimum atomic E-state index is -0.762. The summed E-state index contributed by atoms with van der Waals surface area (Å²) in [7, 11) is 0. The highest BCUT2D eigenvalue weighted by molar-refractivity contribution is 6.05. The molecule has 3 N–H and O–H groups in total. The van der Waals surface area contributed by atoms with Crippen molar-refractivity contribution in [1.82, 2.24) is 0 Å². The van der Waals surface area contributed by atoms with Crippen molar-refractivity contribution in [2.24, 2.45) is 5.73 Å². The van der Waals surface area contributed by atoms with Crippen LogP contribution in [0.4, 0.5) is 5.69 Å². The molecule has 5 heteroatoms. The molecule has 0 atom stereocenters. The van der Waals surface area contributed by atoms with Crippen LogP contribution in [-0.4, -0.2) is 24.0 Å². The van der Waals surface area contributed by atoms with E-state index < -0.39 is 11.5 Å². The van der Waals surface area contributed by atoms with E-state index in [2.05, 4.69) is 5.32 Å². The number of rotatable bonds is 4. The van der Waals surface area contributed by atoms with E-state index in [0.717, 1.165) is 0 Å². The lowest BCUT2D eigenvalue weighted by atomic mass is 10.1. The van der Waals surface area contributed by atoms with Gasteiger partial charge in [0.25, 0.3) is 0 Å². The van der Waals surface area contributed by atoms with E-state index in [1.165, 1.54) is 0 Å².